The Bertz CT molecular complexity index is 135. The van der Waals surface area contributed by atoms with Gasteiger partial charge in [0.05, 0.1) is 0 Å². The van der Waals surface area contributed by atoms with Gasteiger partial charge in [-0.1, -0.05) is 0 Å². The predicted octanol–water partition coefficient (Wildman–Crippen LogP) is -1.84. The molecule has 58 valence electrons. The van der Waals surface area contributed by atoms with Crippen molar-refractivity contribution in [1.29, 1.82) is 0 Å². The van der Waals surface area contributed by atoms with Crippen molar-refractivity contribution in [2.24, 2.45) is 0 Å². The fourth-order valence-corrected chi connectivity index (χ4v) is 0. The number of hydrogen-bond acceptors (Lipinski definition) is 4. The second-order valence-corrected chi connectivity index (χ2v) is 0.912. The average molecular weight is 285 g/mol. The maximum absolute atomic E-state index is 9.00. The molecule has 0 atom stereocenters. The molecule has 0 bridgehead atoms. The van der Waals surface area contributed by atoms with E-state index in [2.05, 4.69) is 0 Å². The smallest absolute Gasteiger partial charge is 0.368 e. The molecule has 2 radical (unpaired) electrons. The number of rotatable bonds is 2. The number of carboxylic acid groups (broad SMARTS) is 2. The van der Waals surface area contributed by atoms with Gasteiger partial charge in [-0.15, -0.1) is 0 Å². The summed E-state index contributed by atoms with van der Waals surface area (Å²) in [6.07, 6.45) is -0.333. The molecule has 0 fully saturated rings. The first-order valence-corrected chi connectivity index (χ1v) is 1.90. The van der Waals surface area contributed by atoms with Crippen LogP contribution in [0.2, 0.25) is 0 Å². The van der Waals surface area contributed by atoms with Crippen molar-refractivity contribution in [2.45, 2.75) is 0 Å². The summed E-state index contributed by atoms with van der Waals surface area (Å²) in [6.45, 7) is 0. The van der Waals surface area contributed by atoms with Crippen molar-refractivity contribution < 1.29 is 29.4 Å². The summed E-state index contributed by atoms with van der Waals surface area (Å²) < 4.78 is 0. The molecule has 0 aliphatic carbocycles. The van der Waals surface area contributed by atoms with Crippen LogP contribution in [0, 0.1) is 0 Å². The minimum atomic E-state index is -1.43. The van der Waals surface area contributed by atoms with Gasteiger partial charge in [0.2, 0.25) is 12.6 Å². The van der Waals surface area contributed by atoms with Gasteiger partial charge >= 0.3 is 11.9 Å². The van der Waals surface area contributed by atoms with Crippen LogP contribution in [0.25, 0.3) is 0 Å². The Kier molecular flexibility index (Phi) is 19.4. The van der Waals surface area contributed by atoms with Gasteiger partial charge in [0.1, 0.15) is 0 Å². The maximum atomic E-state index is 9.00. The van der Waals surface area contributed by atoms with Crippen molar-refractivity contribution >= 4 is 73.4 Å². The van der Waals surface area contributed by atoms with Crippen LogP contribution in [0.3, 0.4) is 0 Å². The summed E-state index contributed by atoms with van der Waals surface area (Å²) in [5.41, 5.74) is 0. The number of carboxylic acids is 2. The third-order valence-electron chi connectivity index (χ3n) is 0.202. The van der Waals surface area contributed by atoms with Crippen LogP contribution in [0.5, 0.6) is 0 Å². The fourth-order valence-electron chi connectivity index (χ4n) is 0. The molecule has 0 amide bonds. The number of carbonyl (C=O) groups excluding carboxylic acids is 2. The Morgan fingerprint density at radius 1 is 0.909 bits per heavy atom. The zero-order valence-corrected chi connectivity index (χ0v) is 9.83. The van der Waals surface area contributed by atoms with E-state index >= 15 is 0 Å². The van der Waals surface area contributed by atoms with Crippen LogP contribution in [0.1, 0.15) is 0 Å². The molecule has 6 nitrogen and oxygen atoms in total. The minimum Gasteiger partial charge on any atom is -0.476 e. The Labute approximate surface area is 102 Å². The van der Waals surface area contributed by atoms with Crippen molar-refractivity contribution in [3.05, 3.63) is 0 Å². The molecule has 0 aliphatic heterocycles. The summed E-state index contributed by atoms with van der Waals surface area (Å²) in [4.78, 5) is 35.8. The molecule has 0 rings (SSSR count). The SMILES string of the molecule is O=CC(=O)O.O=CC(=O)O.[Ba]. The molecule has 0 saturated heterocycles. The van der Waals surface area contributed by atoms with Gasteiger partial charge in [-0.05, 0) is 0 Å². The fraction of sp³-hybridized carbons (Fsp3) is 0. The third kappa shape index (κ3) is 40.9. The van der Waals surface area contributed by atoms with Gasteiger partial charge in [-0.25, -0.2) is 9.59 Å². The number of aldehydes is 2. The van der Waals surface area contributed by atoms with Crippen LogP contribution in [-0.2, 0) is 19.2 Å². The van der Waals surface area contributed by atoms with E-state index in [1.54, 1.807) is 0 Å². The van der Waals surface area contributed by atoms with E-state index in [0.717, 1.165) is 0 Å². The molecule has 0 aromatic rings. The number of aliphatic carboxylic acids is 2. The third-order valence-corrected chi connectivity index (χ3v) is 0.202. The van der Waals surface area contributed by atoms with Crippen molar-refractivity contribution in [2.75, 3.05) is 0 Å². The predicted molar refractivity (Wildman–Crippen MR) is 33.2 cm³/mol. The van der Waals surface area contributed by atoms with Gasteiger partial charge in [0.15, 0.2) is 0 Å². The number of hydrogen-bond donors (Lipinski definition) is 2. The van der Waals surface area contributed by atoms with E-state index in [4.69, 9.17) is 29.4 Å². The van der Waals surface area contributed by atoms with Gasteiger partial charge in [-0.3, -0.25) is 9.59 Å². The summed E-state index contributed by atoms with van der Waals surface area (Å²) in [7, 11) is 0. The zero-order chi connectivity index (χ0) is 8.57. The maximum Gasteiger partial charge on any atom is 0.368 e. The molecular weight excluding hydrogens is 281 g/mol. The first kappa shape index (κ1) is 17.1. The van der Waals surface area contributed by atoms with Crippen molar-refractivity contribution in [1.82, 2.24) is 0 Å². The van der Waals surface area contributed by atoms with Gasteiger partial charge in [0, 0.05) is 48.9 Å². The summed E-state index contributed by atoms with van der Waals surface area (Å²) in [5.74, 6) is -2.85. The number of carbonyl (C=O) groups is 4. The molecule has 0 saturated carbocycles. The zero-order valence-electron chi connectivity index (χ0n) is 5.39. The van der Waals surface area contributed by atoms with E-state index in [9.17, 15) is 0 Å². The van der Waals surface area contributed by atoms with Crippen LogP contribution in [0.15, 0.2) is 0 Å². The largest absolute Gasteiger partial charge is 0.476 e. The molecular formula is C4H4BaO6. The van der Waals surface area contributed by atoms with E-state index in [1.165, 1.54) is 0 Å². The molecule has 0 aromatic carbocycles. The standard InChI is InChI=1S/2C2H2O3.Ba/c2*3-1-2(4)5;/h2*1H,(H,4,5);. The van der Waals surface area contributed by atoms with E-state index in [-0.39, 0.29) is 61.5 Å². The molecule has 0 heterocycles. The molecule has 0 aliphatic rings. The second kappa shape index (κ2) is 12.5. The van der Waals surface area contributed by atoms with Crippen LogP contribution in [-0.4, -0.2) is 83.6 Å². The van der Waals surface area contributed by atoms with Gasteiger partial charge in [0.25, 0.3) is 0 Å². The van der Waals surface area contributed by atoms with Crippen LogP contribution in [0.4, 0.5) is 0 Å². The topological polar surface area (TPSA) is 109 Å². The molecule has 11 heavy (non-hydrogen) atoms. The second-order valence-electron chi connectivity index (χ2n) is 0.912. The van der Waals surface area contributed by atoms with E-state index < -0.39 is 11.9 Å². The average Bonchev–Trinajstić information content (AvgIpc) is 1.89. The Hall–Kier alpha value is -0.149. The Morgan fingerprint density at radius 3 is 1.00 bits per heavy atom. The molecule has 0 spiro atoms. The van der Waals surface area contributed by atoms with Crippen molar-refractivity contribution in [3.8, 4) is 0 Å². The van der Waals surface area contributed by atoms with Crippen molar-refractivity contribution in [3.63, 3.8) is 0 Å². The van der Waals surface area contributed by atoms with Crippen LogP contribution < -0.4 is 0 Å². The molecule has 2 N–H and O–H groups in total. The van der Waals surface area contributed by atoms with Crippen LogP contribution >= 0.6 is 0 Å². The summed E-state index contributed by atoms with van der Waals surface area (Å²) >= 11 is 0. The molecule has 0 aromatic heterocycles. The van der Waals surface area contributed by atoms with E-state index in [0.29, 0.717) is 0 Å². The monoisotopic (exact) mass is 286 g/mol. The quantitative estimate of drug-likeness (QED) is 0.350. The first-order valence-electron chi connectivity index (χ1n) is 1.90. The minimum absolute atomic E-state index is 0. The first-order chi connectivity index (χ1) is 4.54. The summed E-state index contributed by atoms with van der Waals surface area (Å²) in [6, 6.07) is 0. The molecule has 0 unspecified atom stereocenters. The Balaban J connectivity index is -0.000000107. The van der Waals surface area contributed by atoms with Gasteiger partial charge in [-0.2, -0.15) is 0 Å². The summed E-state index contributed by atoms with van der Waals surface area (Å²) in [5, 5.41) is 14.7. The van der Waals surface area contributed by atoms with Gasteiger partial charge < -0.3 is 10.2 Å². The van der Waals surface area contributed by atoms with E-state index in [1.807, 2.05) is 0 Å². The normalized spacial score (nSPS) is 5.82. The Morgan fingerprint density at radius 2 is 1.00 bits per heavy atom. The molecule has 7 heteroatoms.